The molecule has 0 aromatic heterocycles. The molecule has 0 radical (unpaired) electrons. The van der Waals surface area contributed by atoms with Crippen LogP contribution >= 0.6 is 15.9 Å². The third-order valence-electron chi connectivity index (χ3n) is 3.61. The van der Waals surface area contributed by atoms with Crippen LogP contribution in [0, 0.1) is 0 Å². The summed E-state index contributed by atoms with van der Waals surface area (Å²) in [6, 6.07) is 5.74. The van der Waals surface area contributed by atoms with Crippen LogP contribution in [0.2, 0.25) is 0 Å². The molecule has 0 fully saturated rings. The Labute approximate surface area is 135 Å². The molecule has 0 unspecified atom stereocenters. The van der Waals surface area contributed by atoms with Crippen LogP contribution in [0.5, 0.6) is 0 Å². The van der Waals surface area contributed by atoms with Gasteiger partial charge in [-0.1, -0.05) is 22.0 Å². The van der Waals surface area contributed by atoms with Gasteiger partial charge in [-0.15, -0.1) is 0 Å². The fourth-order valence-corrected chi connectivity index (χ4v) is 2.44. The van der Waals surface area contributed by atoms with Crippen LogP contribution in [0.25, 0.3) is 0 Å². The van der Waals surface area contributed by atoms with E-state index in [1.807, 2.05) is 6.07 Å². The summed E-state index contributed by atoms with van der Waals surface area (Å²) in [5.41, 5.74) is 1.39. The van der Waals surface area contributed by atoms with Gasteiger partial charge in [-0.05, 0) is 64.5 Å². The molecule has 0 saturated heterocycles. The van der Waals surface area contributed by atoms with Crippen molar-refractivity contribution in [2.45, 2.75) is 39.3 Å². The van der Waals surface area contributed by atoms with Gasteiger partial charge in [-0.3, -0.25) is 0 Å². The van der Waals surface area contributed by atoms with E-state index in [4.69, 9.17) is 5.11 Å². The van der Waals surface area contributed by atoms with Crippen molar-refractivity contribution in [1.29, 1.82) is 0 Å². The van der Waals surface area contributed by atoms with Gasteiger partial charge in [0.25, 0.3) is 0 Å². The average molecular weight is 357 g/mol. The summed E-state index contributed by atoms with van der Waals surface area (Å²) >= 11 is 3.42. The highest BCUT2D eigenvalue weighted by Gasteiger charge is 2.06. The van der Waals surface area contributed by atoms with Crippen LogP contribution in [0.4, 0.5) is 0 Å². The molecule has 0 aliphatic carbocycles. The molecule has 0 aliphatic heterocycles. The summed E-state index contributed by atoms with van der Waals surface area (Å²) in [5.74, 6) is -0.899. The molecule has 0 atom stereocenters. The van der Waals surface area contributed by atoms with Gasteiger partial charge in [0.05, 0.1) is 5.56 Å². The molecule has 21 heavy (non-hydrogen) atoms. The van der Waals surface area contributed by atoms with Gasteiger partial charge in [0.2, 0.25) is 0 Å². The maximum atomic E-state index is 10.9. The second-order valence-electron chi connectivity index (χ2n) is 5.57. The van der Waals surface area contributed by atoms with Gasteiger partial charge in [0, 0.05) is 17.1 Å². The highest BCUT2D eigenvalue weighted by atomic mass is 79.9. The number of hydrogen-bond donors (Lipinski definition) is 2. The van der Waals surface area contributed by atoms with Gasteiger partial charge in [-0.25, -0.2) is 4.79 Å². The lowest BCUT2D eigenvalue weighted by Gasteiger charge is -2.20. The van der Waals surface area contributed by atoms with Gasteiger partial charge < -0.3 is 15.3 Å². The van der Waals surface area contributed by atoms with E-state index in [-0.39, 0.29) is 0 Å². The van der Waals surface area contributed by atoms with Crippen LogP contribution in [-0.2, 0) is 6.54 Å². The summed E-state index contributed by atoms with van der Waals surface area (Å²) in [7, 11) is 2.15. The maximum absolute atomic E-state index is 10.9. The summed E-state index contributed by atoms with van der Waals surface area (Å²) in [4.78, 5) is 13.2. The highest BCUT2D eigenvalue weighted by Crippen LogP contribution is 2.18. The second kappa shape index (κ2) is 9.18. The summed E-state index contributed by atoms with van der Waals surface area (Å²) in [6.07, 6.45) is 2.32. The Hall–Kier alpha value is -0.910. The van der Waals surface area contributed by atoms with Crippen molar-refractivity contribution >= 4 is 21.9 Å². The second-order valence-corrected chi connectivity index (χ2v) is 6.42. The molecule has 1 aromatic rings. The monoisotopic (exact) mass is 356 g/mol. The molecule has 1 aromatic carbocycles. The molecule has 1 rings (SSSR count). The van der Waals surface area contributed by atoms with Gasteiger partial charge in [-0.2, -0.15) is 0 Å². The van der Waals surface area contributed by atoms with Crippen molar-refractivity contribution in [3.05, 3.63) is 33.8 Å². The molecule has 0 saturated carbocycles. The van der Waals surface area contributed by atoms with E-state index in [1.54, 1.807) is 12.1 Å². The zero-order chi connectivity index (χ0) is 15.8. The number of carbonyl (C=O) groups is 1. The minimum Gasteiger partial charge on any atom is -0.478 e. The third kappa shape index (κ3) is 6.59. The Kier molecular flexibility index (Phi) is 7.93. The van der Waals surface area contributed by atoms with E-state index < -0.39 is 5.97 Å². The van der Waals surface area contributed by atoms with Crippen LogP contribution in [-0.4, -0.2) is 42.2 Å². The molecule has 0 amide bonds. The fourth-order valence-electron chi connectivity index (χ4n) is 1.92. The first-order valence-corrected chi connectivity index (χ1v) is 8.13. The molecule has 5 heteroatoms. The van der Waals surface area contributed by atoms with Crippen molar-refractivity contribution in [3.63, 3.8) is 0 Å². The average Bonchev–Trinajstić information content (AvgIpc) is 2.43. The number of nitrogens with one attached hydrogen (secondary N) is 1. The number of benzene rings is 1. The van der Waals surface area contributed by atoms with Crippen molar-refractivity contribution in [2.75, 3.05) is 20.1 Å². The topological polar surface area (TPSA) is 52.6 Å². The lowest BCUT2D eigenvalue weighted by atomic mass is 10.1. The number of unbranched alkanes of at least 4 members (excludes halogenated alkanes) is 1. The number of carboxylic acid groups (broad SMARTS) is 1. The Morgan fingerprint density at radius 1 is 1.38 bits per heavy atom. The van der Waals surface area contributed by atoms with E-state index in [0.717, 1.165) is 36.1 Å². The molecule has 4 nitrogen and oxygen atoms in total. The van der Waals surface area contributed by atoms with E-state index >= 15 is 0 Å². The Bertz CT molecular complexity index is 464. The molecule has 0 bridgehead atoms. The van der Waals surface area contributed by atoms with Crippen LogP contribution in [0.15, 0.2) is 22.7 Å². The minimum absolute atomic E-state index is 0.308. The maximum Gasteiger partial charge on any atom is 0.335 e. The molecule has 0 aliphatic rings. The van der Waals surface area contributed by atoms with Crippen LogP contribution in [0.1, 0.15) is 42.6 Å². The van der Waals surface area contributed by atoms with Gasteiger partial charge >= 0.3 is 5.97 Å². The van der Waals surface area contributed by atoms with Crippen molar-refractivity contribution < 1.29 is 9.90 Å². The summed E-state index contributed by atoms with van der Waals surface area (Å²) < 4.78 is 0.842. The predicted molar refractivity (Wildman–Crippen MR) is 89.8 cm³/mol. The third-order valence-corrected chi connectivity index (χ3v) is 4.35. The Balaban J connectivity index is 2.26. The normalized spacial score (nSPS) is 11.3. The zero-order valence-electron chi connectivity index (χ0n) is 13.0. The van der Waals surface area contributed by atoms with Crippen molar-refractivity contribution in [1.82, 2.24) is 10.2 Å². The predicted octanol–water partition coefficient (Wildman–Crippen LogP) is 3.36. The molecule has 118 valence electrons. The number of hydrogen-bond acceptors (Lipinski definition) is 3. The highest BCUT2D eigenvalue weighted by molar-refractivity contribution is 9.10. The quantitative estimate of drug-likeness (QED) is 0.666. The fraction of sp³-hybridized carbons (Fsp3) is 0.562. The molecule has 0 heterocycles. The molecular formula is C16H25BrN2O2. The van der Waals surface area contributed by atoms with E-state index in [0.29, 0.717) is 11.6 Å². The van der Waals surface area contributed by atoms with Crippen LogP contribution < -0.4 is 5.32 Å². The van der Waals surface area contributed by atoms with Gasteiger partial charge in [0.15, 0.2) is 0 Å². The lowest BCUT2D eigenvalue weighted by Crippen LogP contribution is -2.27. The first kappa shape index (κ1) is 18.1. The summed E-state index contributed by atoms with van der Waals surface area (Å²) in [5, 5.41) is 12.3. The zero-order valence-corrected chi connectivity index (χ0v) is 14.6. The SMILES string of the molecule is CC(C)N(C)CCCCNCc1ccc(C(=O)O)cc1Br. The summed E-state index contributed by atoms with van der Waals surface area (Å²) in [6.45, 7) is 7.25. The number of halogens is 1. The standard InChI is InChI=1S/C16H25BrN2O2/c1-12(2)19(3)9-5-4-8-18-11-14-7-6-13(16(20)21)10-15(14)17/h6-7,10,12,18H,4-5,8-9,11H2,1-3H3,(H,20,21). The largest absolute Gasteiger partial charge is 0.478 e. The molecule has 2 N–H and O–H groups in total. The van der Waals surface area contributed by atoms with E-state index in [2.05, 4.69) is 47.0 Å². The smallest absolute Gasteiger partial charge is 0.335 e. The van der Waals surface area contributed by atoms with Crippen molar-refractivity contribution in [3.8, 4) is 0 Å². The van der Waals surface area contributed by atoms with Crippen LogP contribution in [0.3, 0.4) is 0 Å². The lowest BCUT2D eigenvalue weighted by molar-refractivity contribution is 0.0697. The van der Waals surface area contributed by atoms with Crippen molar-refractivity contribution in [2.24, 2.45) is 0 Å². The number of nitrogens with zero attached hydrogens (tertiary/aromatic N) is 1. The minimum atomic E-state index is -0.899. The molecule has 0 spiro atoms. The number of aromatic carboxylic acids is 1. The Morgan fingerprint density at radius 2 is 2.10 bits per heavy atom. The number of carboxylic acids is 1. The Morgan fingerprint density at radius 3 is 2.67 bits per heavy atom. The number of rotatable bonds is 9. The van der Waals surface area contributed by atoms with Gasteiger partial charge in [0.1, 0.15) is 0 Å². The first-order valence-electron chi connectivity index (χ1n) is 7.34. The van der Waals surface area contributed by atoms with E-state index in [9.17, 15) is 4.79 Å². The van der Waals surface area contributed by atoms with E-state index in [1.165, 1.54) is 6.42 Å². The first-order chi connectivity index (χ1) is 9.91. The molecular weight excluding hydrogens is 332 g/mol.